The number of hydrogen-bond donors (Lipinski definition) is 1. The van der Waals surface area contributed by atoms with Gasteiger partial charge >= 0.3 is 0 Å². The molecule has 4 rings (SSSR count). The van der Waals surface area contributed by atoms with Crippen LogP contribution in [0, 0.1) is 13.8 Å². The van der Waals surface area contributed by atoms with Crippen LogP contribution in [0.2, 0.25) is 0 Å². The highest BCUT2D eigenvalue weighted by Gasteiger charge is 2.18. The molecule has 158 valence electrons. The maximum Gasteiger partial charge on any atom is 0.281 e. The Morgan fingerprint density at radius 3 is 2.48 bits per heavy atom. The van der Waals surface area contributed by atoms with Crippen molar-refractivity contribution in [3.63, 3.8) is 0 Å². The van der Waals surface area contributed by atoms with Crippen LogP contribution < -0.4 is 15.6 Å². The van der Waals surface area contributed by atoms with Crippen molar-refractivity contribution < 1.29 is 9.53 Å². The number of aromatic nitrogens is 3. The fourth-order valence-corrected chi connectivity index (χ4v) is 3.86. The Morgan fingerprint density at radius 1 is 1.06 bits per heavy atom. The normalized spacial score (nSPS) is 11.0. The van der Waals surface area contributed by atoms with Crippen LogP contribution in [0.3, 0.4) is 0 Å². The first-order valence-electron chi connectivity index (χ1n) is 9.99. The molecular weight excluding hydrogens is 392 g/mol. The quantitative estimate of drug-likeness (QED) is 0.541. The summed E-state index contributed by atoms with van der Waals surface area (Å²) >= 11 is 0. The van der Waals surface area contributed by atoms with Crippen LogP contribution in [0.15, 0.2) is 59.5 Å². The Morgan fingerprint density at radius 2 is 1.81 bits per heavy atom. The molecule has 1 N–H and O–H groups in total. The summed E-state index contributed by atoms with van der Waals surface area (Å²) in [5.41, 5.74) is 4.18. The Kier molecular flexibility index (Phi) is 5.33. The molecule has 0 aliphatic carbocycles. The van der Waals surface area contributed by atoms with Gasteiger partial charge in [0.15, 0.2) is 0 Å². The summed E-state index contributed by atoms with van der Waals surface area (Å²) in [7, 11) is 1.63. The number of methoxy groups -OCH3 is 1. The van der Waals surface area contributed by atoms with E-state index in [9.17, 15) is 9.59 Å². The van der Waals surface area contributed by atoms with Gasteiger partial charge in [-0.2, -0.15) is 9.78 Å². The minimum atomic E-state index is -0.172. The van der Waals surface area contributed by atoms with Crippen molar-refractivity contribution in [1.82, 2.24) is 19.7 Å². The zero-order valence-electron chi connectivity index (χ0n) is 18.0. The number of nitrogens with zero attached hydrogens (tertiary/aromatic N) is 3. The van der Waals surface area contributed by atoms with Gasteiger partial charge in [-0.05, 0) is 43.7 Å². The van der Waals surface area contributed by atoms with Gasteiger partial charge in [-0.25, -0.2) is 0 Å². The molecule has 0 bridgehead atoms. The van der Waals surface area contributed by atoms with Crippen molar-refractivity contribution in [3.05, 3.63) is 82.0 Å². The van der Waals surface area contributed by atoms with Crippen LogP contribution in [-0.4, -0.2) is 27.4 Å². The fraction of sp³-hybridized carbons (Fsp3) is 0.208. The van der Waals surface area contributed by atoms with Crippen molar-refractivity contribution in [2.45, 2.75) is 27.3 Å². The van der Waals surface area contributed by atoms with Crippen molar-refractivity contribution >= 4 is 16.7 Å². The van der Waals surface area contributed by atoms with Crippen LogP contribution in [-0.2, 0) is 11.3 Å². The molecule has 7 nitrogen and oxygen atoms in total. The molecule has 31 heavy (non-hydrogen) atoms. The van der Waals surface area contributed by atoms with E-state index < -0.39 is 0 Å². The average Bonchev–Trinajstić information content (AvgIpc) is 3.03. The van der Waals surface area contributed by atoms with E-state index in [0.717, 1.165) is 33.8 Å². The zero-order valence-corrected chi connectivity index (χ0v) is 18.0. The number of carbonyl (C=O) groups is 1. The summed E-state index contributed by atoms with van der Waals surface area (Å²) in [4.78, 5) is 24.5. The highest BCUT2D eigenvalue weighted by atomic mass is 16.5. The number of benzene rings is 2. The molecule has 0 aliphatic rings. The predicted molar refractivity (Wildman–Crippen MR) is 120 cm³/mol. The maximum atomic E-state index is 13.4. The Labute approximate surface area is 179 Å². The number of nitrogens with one attached hydrogen (secondary N) is 1. The van der Waals surface area contributed by atoms with Gasteiger partial charge in [0.25, 0.3) is 5.56 Å². The molecule has 0 atom stereocenters. The summed E-state index contributed by atoms with van der Waals surface area (Å²) in [6, 6.07) is 15.2. The Bertz CT molecular complexity index is 1330. The monoisotopic (exact) mass is 416 g/mol. The van der Waals surface area contributed by atoms with Gasteiger partial charge in [-0.3, -0.25) is 9.59 Å². The lowest BCUT2D eigenvalue weighted by Gasteiger charge is -2.10. The third-order valence-corrected chi connectivity index (χ3v) is 5.43. The third kappa shape index (κ3) is 3.70. The molecule has 0 spiro atoms. The number of aryl methyl sites for hydroxylation is 2. The molecule has 2 heterocycles. The first kappa shape index (κ1) is 20.4. The van der Waals surface area contributed by atoms with Gasteiger partial charge in [0, 0.05) is 42.0 Å². The molecule has 0 aliphatic heterocycles. The smallest absolute Gasteiger partial charge is 0.281 e. The second-order valence-electron chi connectivity index (χ2n) is 7.43. The van der Waals surface area contributed by atoms with Gasteiger partial charge in [0.2, 0.25) is 5.91 Å². The van der Waals surface area contributed by atoms with Gasteiger partial charge in [-0.15, -0.1) is 0 Å². The highest BCUT2D eigenvalue weighted by molar-refractivity contribution is 5.88. The number of rotatable bonds is 5. The van der Waals surface area contributed by atoms with Crippen LogP contribution in [0.1, 0.15) is 23.9 Å². The zero-order chi connectivity index (χ0) is 22.1. The molecule has 0 fully saturated rings. The number of carbonyl (C=O) groups excluding carboxylic acids is 1. The summed E-state index contributed by atoms with van der Waals surface area (Å²) in [5.74, 6) is 0.669. The molecule has 2 aromatic heterocycles. The summed E-state index contributed by atoms with van der Waals surface area (Å²) in [6.45, 7) is 5.85. The van der Waals surface area contributed by atoms with Gasteiger partial charge in [-0.1, -0.05) is 18.2 Å². The Hall–Kier alpha value is -3.87. The van der Waals surface area contributed by atoms with Gasteiger partial charge in [0.05, 0.1) is 24.4 Å². The van der Waals surface area contributed by atoms with Crippen molar-refractivity contribution in [1.29, 1.82) is 0 Å². The Balaban J connectivity index is 1.80. The van der Waals surface area contributed by atoms with Gasteiger partial charge in [0.1, 0.15) is 5.75 Å². The van der Waals surface area contributed by atoms with E-state index in [0.29, 0.717) is 17.6 Å². The van der Waals surface area contributed by atoms with Crippen LogP contribution in [0.4, 0.5) is 0 Å². The fourth-order valence-electron chi connectivity index (χ4n) is 3.86. The molecule has 0 saturated carbocycles. The third-order valence-electron chi connectivity index (χ3n) is 5.43. The lowest BCUT2D eigenvalue weighted by Crippen LogP contribution is -2.21. The maximum absolute atomic E-state index is 13.4. The number of hydrogen-bond acceptors (Lipinski definition) is 4. The number of ether oxygens (including phenoxy) is 1. The van der Waals surface area contributed by atoms with Crippen LogP contribution in [0.5, 0.6) is 5.75 Å². The van der Waals surface area contributed by atoms with Crippen LogP contribution >= 0.6 is 0 Å². The summed E-state index contributed by atoms with van der Waals surface area (Å²) in [5, 5.41) is 8.64. The van der Waals surface area contributed by atoms with Crippen LogP contribution in [0.25, 0.3) is 22.1 Å². The van der Waals surface area contributed by atoms with Crippen molar-refractivity contribution in [2.75, 3.05) is 7.11 Å². The second kappa shape index (κ2) is 8.10. The lowest BCUT2D eigenvalue weighted by molar-refractivity contribution is -0.119. The minimum absolute atomic E-state index is 0.0844. The molecule has 0 radical (unpaired) electrons. The molecule has 1 amide bonds. The predicted octanol–water partition coefficient (Wildman–Crippen LogP) is 3.44. The van der Waals surface area contributed by atoms with Gasteiger partial charge < -0.3 is 14.6 Å². The van der Waals surface area contributed by atoms with Crippen molar-refractivity contribution in [2.24, 2.45) is 0 Å². The topological polar surface area (TPSA) is 78.2 Å². The first-order chi connectivity index (χ1) is 14.9. The molecule has 4 aromatic rings. The molecule has 2 aromatic carbocycles. The van der Waals surface area contributed by atoms with Crippen molar-refractivity contribution in [3.8, 4) is 17.1 Å². The first-order valence-corrected chi connectivity index (χ1v) is 9.99. The highest BCUT2D eigenvalue weighted by Crippen LogP contribution is 2.27. The summed E-state index contributed by atoms with van der Waals surface area (Å²) in [6.07, 6.45) is 1.74. The molecule has 0 unspecified atom stereocenters. The average molecular weight is 416 g/mol. The van der Waals surface area contributed by atoms with E-state index in [1.807, 2.05) is 62.4 Å². The second-order valence-corrected chi connectivity index (χ2v) is 7.43. The summed E-state index contributed by atoms with van der Waals surface area (Å²) < 4.78 is 8.82. The molecule has 7 heteroatoms. The molecule has 0 saturated heterocycles. The lowest BCUT2D eigenvalue weighted by atomic mass is 10.2. The number of fused-ring (bicyclic) bond motifs is 1. The number of amides is 1. The molecular formula is C24H24N4O3. The largest absolute Gasteiger partial charge is 0.497 e. The van der Waals surface area contributed by atoms with E-state index in [-0.39, 0.29) is 11.5 Å². The SMILES string of the molecule is COc1cccc(-n2c(C)c3cnn(-c4ccc(CNC(C)=O)cc4)c(=O)c3c2C)c1. The van der Waals surface area contributed by atoms with E-state index in [4.69, 9.17) is 4.74 Å². The van der Waals surface area contributed by atoms with E-state index in [2.05, 4.69) is 15.0 Å². The van der Waals surface area contributed by atoms with E-state index in [1.54, 1.807) is 13.3 Å². The standard InChI is InChI=1S/C24H24N4O3/c1-15-22-14-26-28(19-10-8-18(9-11-19)13-25-17(3)29)24(30)23(22)16(2)27(15)20-6-5-7-21(12-20)31-4/h5-12,14H,13H2,1-4H3,(H,25,29). The van der Waals surface area contributed by atoms with E-state index in [1.165, 1.54) is 11.6 Å². The minimum Gasteiger partial charge on any atom is -0.497 e. The van der Waals surface area contributed by atoms with E-state index >= 15 is 0 Å².